The second kappa shape index (κ2) is 3.77. The van der Waals surface area contributed by atoms with E-state index in [1.807, 2.05) is 6.92 Å². The number of nitrogens with one attached hydrogen (secondary N) is 1. The number of nitrogens with zero attached hydrogens (tertiary/aromatic N) is 2. The molecule has 0 amide bonds. The van der Waals surface area contributed by atoms with E-state index >= 15 is 0 Å². The summed E-state index contributed by atoms with van der Waals surface area (Å²) in [5, 5.41) is 0. The number of alkyl halides is 3. The van der Waals surface area contributed by atoms with Gasteiger partial charge in [0.15, 0.2) is 5.65 Å². The molecular weight excluding hydrogens is 219 g/mol. The van der Waals surface area contributed by atoms with Crippen LogP contribution in [0.4, 0.5) is 13.2 Å². The highest BCUT2D eigenvalue weighted by molar-refractivity contribution is 5.74. The molecule has 16 heavy (non-hydrogen) atoms. The summed E-state index contributed by atoms with van der Waals surface area (Å²) < 4.78 is 36.1. The van der Waals surface area contributed by atoms with Crippen molar-refractivity contribution in [3.8, 4) is 0 Å². The summed E-state index contributed by atoms with van der Waals surface area (Å²) in [5.74, 6) is 0.328. The Morgan fingerprint density at radius 3 is 2.75 bits per heavy atom. The number of aromatic nitrogens is 3. The molecule has 1 N–H and O–H groups in total. The van der Waals surface area contributed by atoms with E-state index in [1.165, 1.54) is 0 Å². The lowest BCUT2D eigenvalue weighted by Gasteiger charge is -2.02. The zero-order valence-electron chi connectivity index (χ0n) is 8.60. The summed E-state index contributed by atoms with van der Waals surface area (Å²) in [4.78, 5) is 10.9. The van der Waals surface area contributed by atoms with Crippen LogP contribution in [-0.4, -0.2) is 21.1 Å². The number of fused-ring (bicyclic) bond motifs is 1. The predicted molar refractivity (Wildman–Crippen MR) is 53.0 cm³/mol. The fourth-order valence-electron chi connectivity index (χ4n) is 1.46. The van der Waals surface area contributed by atoms with E-state index in [-0.39, 0.29) is 6.42 Å². The Morgan fingerprint density at radius 2 is 2.12 bits per heavy atom. The topological polar surface area (TPSA) is 41.6 Å². The van der Waals surface area contributed by atoms with Crippen LogP contribution in [-0.2, 0) is 6.42 Å². The SMILES string of the molecule is Cc1ccnc2nc(CCC(F)(F)F)[nH]c12. The van der Waals surface area contributed by atoms with Crippen molar-refractivity contribution in [2.45, 2.75) is 25.9 Å². The first-order valence-electron chi connectivity index (χ1n) is 4.83. The van der Waals surface area contributed by atoms with Crippen molar-refractivity contribution in [3.63, 3.8) is 0 Å². The van der Waals surface area contributed by atoms with E-state index in [9.17, 15) is 13.2 Å². The minimum Gasteiger partial charge on any atom is -0.340 e. The molecule has 0 radical (unpaired) electrons. The zero-order chi connectivity index (χ0) is 11.8. The molecule has 0 aliphatic heterocycles. The molecular formula is C10H10F3N3. The molecule has 0 saturated carbocycles. The first-order chi connectivity index (χ1) is 7.46. The number of rotatable bonds is 2. The van der Waals surface area contributed by atoms with Gasteiger partial charge >= 0.3 is 6.18 Å². The monoisotopic (exact) mass is 229 g/mol. The summed E-state index contributed by atoms with van der Waals surface area (Å²) >= 11 is 0. The third kappa shape index (κ3) is 2.32. The maximum Gasteiger partial charge on any atom is 0.389 e. The van der Waals surface area contributed by atoms with E-state index in [4.69, 9.17) is 0 Å². The lowest BCUT2D eigenvalue weighted by molar-refractivity contribution is -0.134. The minimum atomic E-state index is -4.15. The molecule has 0 aliphatic rings. The number of hydrogen-bond acceptors (Lipinski definition) is 2. The van der Waals surface area contributed by atoms with E-state index in [1.54, 1.807) is 12.3 Å². The molecule has 0 aliphatic carbocycles. The first kappa shape index (κ1) is 10.9. The molecule has 2 rings (SSSR count). The second-order valence-electron chi connectivity index (χ2n) is 3.63. The van der Waals surface area contributed by atoms with Crippen molar-refractivity contribution in [2.75, 3.05) is 0 Å². The van der Waals surface area contributed by atoms with Gasteiger partial charge in [0, 0.05) is 12.6 Å². The highest BCUT2D eigenvalue weighted by Crippen LogP contribution is 2.22. The number of aromatic amines is 1. The molecule has 0 unspecified atom stereocenters. The molecule has 86 valence electrons. The lowest BCUT2D eigenvalue weighted by Crippen LogP contribution is -2.09. The molecule has 0 fully saturated rings. The van der Waals surface area contributed by atoms with Gasteiger partial charge in [-0.15, -0.1) is 0 Å². The van der Waals surface area contributed by atoms with Crippen LogP contribution in [0.3, 0.4) is 0 Å². The van der Waals surface area contributed by atoms with Crippen molar-refractivity contribution < 1.29 is 13.2 Å². The molecule has 0 bridgehead atoms. The van der Waals surface area contributed by atoms with Crippen LogP contribution in [0.5, 0.6) is 0 Å². The largest absolute Gasteiger partial charge is 0.389 e. The normalized spacial score (nSPS) is 12.2. The molecule has 0 saturated heterocycles. The Kier molecular flexibility index (Phi) is 2.57. The number of imidazole rings is 1. The molecule has 2 aromatic rings. The maximum absolute atomic E-state index is 12.0. The van der Waals surface area contributed by atoms with Gasteiger partial charge in [-0.05, 0) is 18.6 Å². The standard InChI is InChI=1S/C10H10F3N3/c1-6-3-5-14-9-8(6)15-7(16-9)2-4-10(11,12)13/h3,5H,2,4H2,1H3,(H,14,15,16). The average Bonchev–Trinajstić information content (AvgIpc) is 2.58. The van der Waals surface area contributed by atoms with E-state index < -0.39 is 12.6 Å². The van der Waals surface area contributed by atoms with Crippen LogP contribution < -0.4 is 0 Å². The number of halogens is 3. The third-order valence-electron chi connectivity index (χ3n) is 2.29. The quantitative estimate of drug-likeness (QED) is 0.860. The van der Waals surface area contributed by atoms with Crippen LogP contribution in [0.2, 0.25) is 0 Å². The lowest BCUT2D eigenvalue weighted by atomic mass is 10.3. The van der Waals surface area contributed by atoms with Gasteiger partial charge in [-0.2, -0.15) is 13.2 Å². The van der Waals surface area contributed by atoms with Gasteiger partial charge in [-0.25, -0.2) is 9.97 Å². The fourth-order valence-corrected chi connectivity index (χ4v) is 1.46. The molecule has 0 spiro atoms. The highest BCUT2D eigenvalue weighted by atomic mass is 19.4. The summed E-state index contributed by atoms with van der Waals surface area (Å²) in [6, 6.07) is 1.79. The molecule has 3 nitrogen and oxygen atoms in total. The van der Waals surface area contributed by atoms with Crippen LogP contribution in [0.25, 0.3) is 11.2 Å². The Balaban J connectivity index is 2.24. The zero-order valence-corrected chi connectivity index (χ0v) is 8.60. The summed E-state index contributed by atoms with van der Waals surface area (Å²) in [5.41, 5.74) is 2.10. The Labute approximate surface area is 89.7 Å². The van der Waals surface area contributed by atoms with Gasteiger partial charge in [-0.1, -0.05) is 0 Å². The minimum absolute atomic E-state index is 0.140. The second-order valence-corrected chi connectivity index (χ2v) is 3.63. The third-order valence-corrected chi connectivity index (χ3v) is 2.29. The Bertz CT molecular complexity index is 501. The Hall–Kier alpha value is -1.59. The average molecular weight is 229 g/mol. The fraction of sp³-hybridized carbons (Fsp3) is 0.400. The molecule has 2 aromatic heterocycles. The summed E-state index contributed by atoms with van der Waals surface area (Å²) in [6.45, 7) is 1.86. The van der Waals surface area contributed by atoms with Gasteiger partial charge in [0.25, 0.3) is 0 Å². The Morgan fingerprint density at radius 1 is 1.38 bits per heavy atom. The van der Waals surface area contributed by atoms with Crippen molar-refractivity contribution in [1.82, 2.24) is 15.0 Å². The van der Waals surface area contributed by atoms with E-state index in [2.05, 4.69) is 15.0 Å². The van der Waals surface area contributed by atoms with E-state index in [0.717, 1.165) is 5.56 Å². The van der Waals surface area contributed by atoms with Crippen molar-refractivity contribution >= 4 is 11.2 Å². The van der Waals surface area contributed by atoms with Gasteiger partial charge in [0.05, 0.1) is 11.9 Å². The number of aryl methyl sites for hydroxylation is 2. The molecule has 0 atom stereocenters. The number of H-pyrrole nitrogens is 1. The smallest absolute Gasteiger partial charge is 0.340 e. The van der Waals surface area contributed by atoms with Gasteiger partial charge in [0.2, 0.25) is 0 Å². The molecule has 6 heteroatoms. The van der Waals surface area contributed by atoms with Crippen molar-refractivity contribution in [3.05, 3.63) is 23.7 Å². The van der Waals surface area contributed by atoms with E-state index in [0.29, 0.717) is 17.0 Å². The van der Waals surface area contributed by atoms with Gasteiger partial charge < -0.3 is 4.98 Å². The van der Waals surface area contributed by atoms with Crippen molar-refractivity contribution in [1.29, 1.82) is 0 Å². The van der Waals surface area contributed by atoms with Crippen LogP contribution in [0, 0.1) is 6.92 Å². The first-order valence-corrected chi connectivity index (χ1v) is 4.83. The van der Waals surface area contributed by atoms with Crippen LogP contribution >= 0.6 is 0 Å². The summed E-state index contributed by atoms with van der Waals surface area (Å²) in [6.07, 6.45) is -3.57. The molecule has 2 heterocycles. The number of hydrogen-bond donors (Lipinski definition) is 1. The highest BCUT2D eigenvalue weighted by Gasteiger charge is 2.27. The summed E-state index contributed by atoms with van der Waals surface area (Å²) in [7, 11) is 0. The van der Waals surface area contributed by atoms with Gasteiger partial charge in [0.1, 0.15) is 5.82 Å². The number of pyridine rings is 1. The van der Waals surface area contributed by atoms with Crippen molar-refractivity contribution in [2.24, 2.45) is 0 Å². The maximum atomic E-state index is 12.0. The molecule has 0 aromatic carbocycles. The van der Waals surface area contributed by atoms with Gasteiger partial charge in [-0.3, -0.25) is 0 Å². The van der Waals surface area contributed by atoms with Crippen LogP contribution in [0.1, 0.15) is 17.8 Å². The van der Waals surface area contributed by atoms with Crippen LogP contribution in [0.15, 0.2) is 12.3 Å². The predicted octanol–water partition coefficient (Wildman–Crippen LogP) is 2.76.